The van der Waals surface area contributed by atoms with E-state index in [2.05, 4.69) is 15.0 Å². The summed E-state index contributed by atoms with van der Waals surface area (Å²) in [6.07, 6.45) is 4.24. The van der Waals surface area contributed by atoms with Crippen LogP contribution in [0.2, 0.25) is 5.15 Å². The van der Waals surface area contributed by atoms with Gasteiger partial charge in [0.25, 0.3) is 0 Å². The van der Waals surface area contributed by atoms with Gasteiger partial charge in [-0.05, 0) is 12.1 Å². The van der Waals surface area contributed by atoms with E-state index in [-0.39, 0.29) is 0 Å². The first kappa shape index (κ1) is 10.6. The summed E-state index contributed by atoms with van der Waals surface area (Å²) in [5.74, 6) is 0.628. The van der Waals surface area contributed by atoms with Gasteiger partial charge in [0.1, 0.15) is 5.15 Å². The average Bonchev–Trinajstić information content (AvgIpc) is 2.40. The van der Waals surface area contributed by atoms with Crippen molar-refractivity contribution in [1.82, 2.24) is 15.0 Å². The predicted molar refractivity (Wildman–Crippen MR) is 63.6 cm³/mol. The molecule has 2 aromatic heterocycles. The van der Waals surface area contributed by atoms with E-state index in [1.165, 1.54) is 0 Å². The second-order valence-corrected chi connectivity index (χ2v) is 4.17. The summed E-state index contributed by atoms with van der Waals surface area (Å²) in [5, 5.41) is 0.480. The molecule has 0 atom stereocenters. The van der Waals surface area contributed by atoms with Crippen molar-refractivity contribution in [3.63, 3.8) is 0 Å². The van der Waals surface area contributed by atoms with E-state index in [0.717, 1.165) is 23.2 Å². The molecule has 0 unspecified atom stereocenters. The first-order valence-electron chi connectivity index (χ1n) is 5.38. The second kappa shape index (κ2) is 4.39. The zero-order valence-electron chi connectivity index (χ0n) is 9.06. The molecule has 2 aromatic rings. The summed E-state index contributed by atoms with van der Waals surface area (Å²) in [6.45, 7) is 1.19. The molecule has 3 rings (SSSR count). The molecule has 3 heterocycles. The van der Waals surface area contributed by atoms with Gasteiger partial charge >= 0.3 is 0 Å². The molecular formula is C12H10ClN3O. The Morgan fingerprint density at radius 3 is 3.06 bits per heavy atom. The summed E-state index contributed by atoms with van der Waals surface area (Å²) in [6, 6.07) is 3.78. The highest BCUT2D eigenvalue weighted by Gasteiger charge is 2.17. The third-order valence-electron chi connectivity index (χ3n) is 2.69. The molecule has 0 fully saturated rings. The minimum absolute atomic E-state index is 0.480. The third-order valence-corrected chi connectivity index (χ3v) is 3.00. The molecule has 0 N–H and O–H groups in total. The van der Waals surface area contributed by atoms with Gasteiger partial charge in [-0.25, -0.2) is 9.97 Å². The summed E-state index contributed by atoms with van der Waals surface area (Å²) < 4.78 is 5.35. The van der Waals surface area contributed by atoms with Crippen LogP contribution in [-0.4, -0.2) is 21.6 Å². The van der Waals surface area contributed by atoms with Crippen molar-refractivity contribution >= 4 is 11.6 Å². The van der Waals surface area contributed by atoms with Gasteiger partial charge in [0, 0.05) is 29.9 Å². The summed E-state index contributed by atoms with van der Waals surface area (Å²) >= 11 is 6.15. The number of rotatable bonds is 1. The van der Waals surface area contributed by atoms with Gasteiger partial charge in [-0.1, -0.05) is 11.6 Å². The van der Waals surface area contributed by atoms with E-state index in [9.17, 15) is 0 Å². The molecule has 0 amide bonds. The maximum Gasteiger partial charge on any atom is 0.162 e. The van der Waals surface area contributed by atoms with Gasteiger partial charge in [0.05, 0.1) is 18.9 Å². The average molecular weight is 248 g/mol. The maximum atomic E-state index is 6.15. The van der Waals surface area contributed by atoms with E-state index in [1.807, 2.05) is 12.1 Å². The maximum absolute atomic E-state index is 6.15. The molecule has 0 saturated carbocycles. The Kier molecular flexibility index (Phi) is 2.74. The number of fused-ring (bicyclic) bond motifs is 1. The Morgan fingerprint density at radius 1 is 1.29 bits per heavy atom. The SMILES string of the molecule is Clc1nc(-c2cccnc2)nc2c1COCC2. The molecular weight excluding hydrogens is 238 g/mol. The number of ether oxygens (including phenoxy) is 1. The van der Waals surface area contributed by atoms with Crippen molar-refractivity contribution in [2.75, 3.05) is 6.61 Å². The first-order chi connectivity index (χ1) is 8.34. The van der Waals surface area contributed by atoms with Gasteiger partial charge in [-0.3, -0.25) is 4.98 Å². The number of pyridine rings is 1. The monoisotopic (exact) mass is 247 g/mol. The van der Waals surface area contributed by atoms with Crippen molar-refractivity contribution in [3.8, 4) is 11.4 Å². The van der Waals surface area contributed by atoms with Crippen LogP contribution in [0.5, 0.6) is 0 Å². The zero-order chi connectivity index (χ0) is 11.7. The fourth-order valence-corrected chi connectivity index (χ4v) is 2.06. The normalized spacial score (nSPS) is 14.4. The number of halogens is 1. The molecule has 0 saturated heterocycles. The van der Waals surface area contributed by atoms with E-state index in [4.69, 9.17) is 16.3 Å². The van der Waals surface area contributed by atoms with E-state index >= 15 is 0 Å². The fraction of sp³-hybridized carbons (Fsp3) is 0.250. The Balaban J connectivity index is 2.11. The molecule has 0 bridgehead atoms. The van der Waals surface area contributed by atoms with Gasteiger partial charge in [0.15, 0.2) is 5.82 Å². The molecule has 4 nitrogen and oxygen atoms in total. The standard InChI is InChI=1S/C12H10ClN3O/c13-11-9-7-17-5-3-10(9)15-12(16-11)8-2-1-4-14-6-8/h1-2,4,6H,3,5,7H2. The summed E-state index contributed by atoms with van der Waals surface area (Å²) in [5.41, 5.74) is 2.77. The smallest absolute Gasteiger partial charge is 0.162 e. The summed E-state index contributed by atoms with van der Waals surface area (Å²) in [4.78, 5) is 12.9. The van der Waals surface area contributed by atoms with Crippen molar-refractivity contribution in [1.29, 1.82) is 0 Å². The van der Waals surface area contributed by atoms with Crippen LogP contribution >= 0.6 is 11.6 Å². The van der Waals surface area contributed by atoms with Crippen LogP contribution in [0.3, 0.4) is 0 Å². The van der Waals surface area contributed by atoms with Crippen molar-refractivity contribution in [3.05, 3.63) is 40.9 Å². The van der Waals surface area contributed by atoms with Crippen LogP contribution in [0, 0.1) is 0 Å². The molecule has 0 radical (unpaired) electrons. The van der Waals surface area contributed by atoms with Gasteiger partial charge < -0.3 is 4.74 Å². The Bertz CT molecular complexity index is 545. The lowest BCUT2D eigenvalue weighted by molar-refractivity contribution is 0.109. The largest absolute Gasteiger partial charge is 0.376 e. The molecule has 1 aliphatic heterocycles. The lowest BCUT2D eigenvalue weighted by atomic mass is 10.1. The van der Waals surface area contributed by atoms with Crippen LogP contribution < -0.4 is 0 Å². The van der Waals surface area contributed by atoms with Crippen LogP contribution in [0.25, 0.3) is 11.4 Å². The van der Waals surface area contributed by atoms with Gasteiger partial charge in [-0.2, -0.15) is 0 Å². The Hall–Kier alpha value is -1.52. The number of hydrogen-bond donors (Lipinski definition) is 0. The van der Waals surface area contributed by atoms with E-state index < -0.39 is 0 Å². The third kappa shape index (κ3) is 2.01. The quantitative estimate of drug-likeness (QED) is 0.726. The highest BCUT2D eigenvalue weighted by Crippen LogP contribution is 2.25. The molecule has 0 spiro atoms. The zero-order valence-corrected chi connectivity index (χ0v) is 9.81. The summed E-state index contributed by atoms with van der Waals surface area (Å²) in [7, 11) is 0. The Morgan fingerprint density at radius 2 is 2.24 bits per heavy atom. The minimum atomic E-state index is 0.480. The van der Waals surface area contributed by atoms with Crippen LogP contribution in [0.15, 0.2) is 24.5 Å². The number of hydrogen-bond acceptors (Lipinski definition) is 4. The van der Waals surface area contributed by atoms with E-state index in [1.54, 1.807) is 12.4 Å². The van der Waals surface area contributed by atoms with Crippen LogP contribution in [-0.2, 0) is 17.8 Å². The molecule has 5 heteroatoms. The minimum Gasteiger partial charge on any atom is -0.376 e. The predicted octanol–water partition coefficient (Wildman–Crippen LogP) is 2.26. The number of aromatic nitrogens is 3. The molecule has 1 aliphatic rings. The molecule has 0 aromatic carbocycles. The van der Waals surface area contributed by atoms with Crippen molar-refractivity contribution in [2.24, 2.45) is 0 Å². The van der Waals surface area contributed by atoms with Gasteiger partial charge in [0.2, 0.25) is 0 Å². The highest BCUT2D eigenvalue weighted by atomic mass is 35.5. The van der Waals surface area contributed by atoms with Crippen LogP contribution in [0.1, 0.15) is 11.3 Å². The molecule has 0 aliphatic carbocycles. The first-order valence-corrected chi connectivity index (χ1v) is 5.76. The fourth-order valence-electron chi connectivity index (χ4n) is 1.82. The van der Waals surface area contributed by atoms with Crippen molar-refractivity contribution in [2.45, 2.75) is 13.0 Å². The van der Waals surface area contributed by atoms with Crippen LogP contribution in [0.4, 0.5) is 0 Å². The van der Waals surface area contributed by atoms with Crippen molar-refractivity contribution < 1.29 is 4.74 Å². The van der Waals surface area contributed by atoms with Gasteiger partial charge in [-0.15, -0.1) is 0 Å². The second-order valence-electron chi connectivity index (χ2n) is 3.81. The molecule has 17 heavy (non-hydrogen) atoms. The lowest BCUT2D eigenvalue weighted by Gasteiger charge is -2.17. The number of nitrogens with zero attached hydrogens (tertiary/aromatic N) is 3. The molecule has 86 valence electrons. The van der Waals surface area contributed by atoms with E-state index in [0.29, 0.717) is 24.2 Å². The lowest BCUT2D eigenvalue weighted by Crippen LogP contribution is -2.14. The Labute approximate surface area is 104 Å². The highest BCUT2D eigenvalue weighted by molar-refractivity contribution is 6.30. The topological polar surface area (TPSA) is 47.9 Å².